The number of sulfonamides is 1. The van der Waals surface area contributed by atoms with Gasteiger partial charge in [0, 0.05) is 30.2 Å². The van der Waals surface area contributed by atoms with E-state index in [1.54, 1.807) is 18.2 Å². The Morgan fingerprint density at radius 3 is 2.64 bits per heavy atom. The summed E-state index contributed by atoms with van der Waals surface area (Å²) in [5.74, 6) is 0.464. The lowest BCUT2D eigenvalue weighted by molar-refractivity contribution is 0.130. The zero-order valence-corrected chi connectivity index (χ0v) is 15.5. The van der Waals surface area contributed by atoms with Crippen molar-refractivity contribution in [3.8, 4) is 11.9 Å². The molecule has 0 radical (unpaired) electrons. The van der Waals surface area contributed by atoms with Crippen LogP contribution in [0.5, 0.6) is 5.88 Å². The summed E-state index contributed by atoms with van der Waals surface area (Å²) >= 11 is 1.34. The minimum atomic E-state index is -3.41. The van der Waals surface area contributed by atoms with E-state index < -0.39 is 10.0 Å². The van der Waals surface area contributed by atoms with Gasteiger partial charge in [-0.15, -0.1) is 11.3 Å². The summed E-state index contributed by atoms with van der Waals surface area (Å²) in [4.78, 5) is 5.17. The van der Waals surface area contributed by atoms with Gasteiger partial charge in [0.1, 0.15) is 16.4 Å². The van der Waals surface area contributed by atoms with Gasteiger partial charge in [0.15, 0.2) is 0 Å². The second-order valence-electron chi connectivity index (χ2n) is 5.79. The van der Waals surface area contributed by atoms with Crippen molar-refractivity contribution >= 4 is 21.4 Å². The number of nitriles is 1. The van der Waals surface area contributed by atoms with Gasteiger partial charge in [-0.05, 0) is 37.5 Å². The van der Waals surface area contributed by atoms with Crippen LogP contribution in [0.25, 0.3) is 0 Å². The van der Waals surface area contributed by atoms with Crippen LogP contribution in [0.2, 0.25) is 0 Å². The maximum atomic E-state index is 12.7. The first-order valence-corrected chi connectivity index (χ1v) is 10.4. The molecule has 2 aromatic heterocycles. The van der Waals surface area contributed by atoms with Crippen LogP contribution in [0, 0.1) is 11.3 Å². The zero-order valence-electron chi connectivity index (χ0n) is 13.9. The predicted octanol–water partition coefficient (Wildman–Crippen LogP) is 2.81. The molecule has 1 fully saturated rings. The highest BCUT2D eigenvalue weighted by molar-refractivity contribution is 7.91. The largest absolute Gasteiger partial charge is 0.474 e. The normalized spacial score (nSPS) is 16.5. The van der Waals surface area contributed by atoms with E-state index in [9.17, 15) is 8.42 Å². The number of nitrogens with zero attached hydrogens (tertiary/aromatic N) is 3. The van der Waals surface area contributed by atoms with Crippen LogP contribution in [0.3, 0.4) is 0 Å². The van der Waals surface area contributed by atoms with Gasteiger partial charge in [0.2, 0.25) is 5.88 Å². The number of hydrogen-bond donors (Lipinski definition) is 0. The summed E-state index contributed by atoms with van der Waals surface area (Å²) in [5, 5.41) is 8.77. The average molecular weight is 377 g/mol. The zero-order chi connectivity index (χ0) is 17.9. The van der Waals surface area contributed by atoms with Gasteiger partial charge < -0.3 is 4.74 Å². The van der Waals surface area contributed by atoms with E-state index in [-0.39, 0.29) is 6.10 Å². The first kappa shape index (κ1) is 17.9. The van der Waals surface area contributed by atoms with Crippen molar-refractivity contribution in [2.75, 3.05) is 13.1 Å². The van der Waals surface area contributed by atoms with Crippen LogP contribution in [0.4, 0.5) is 0 Å². The fourth-order valence-electron chi connectivity index (χ4n) is 2.69. The fraction of sp³-hybridized carbons (Fsp3) is 0.412. The molecule has 3 heterocycles. The van der Waals surface area contributed by atoms with Crippen molar-refractivity contribution in [1.29, 1.82) is 5.26 Å². The lowest BCUT2D eigenvalue weighted by Gasteiger charge is -2.30. The molecule has 0 atom stereocenters. The van der Waals surface area contributed by atoms with E-state index in [0.29, 0.717) is 41.6 Å². The second-order valence-corrected chi connectivity index (χ2v) is 9.13. The van der Waals surface area contributed by atoms with Crippen LogP contribution < -0.4 is 4.74 Å². The summed E-state index contributed by atoms with van der Waals surface area (Å²) in [6, 6.07) is 8.91. The van der Waals surface area contributed by atoms with E-state index in [2.05, 4.69) is 4.98 Å². The Kier molecular flexibility index (Phi) is 5.37. The Bertz CT molecular complexity index is 861. The lowest BCUT2D eigenvalue weighted by Crippen LogP contribution is -2.41. The summed E-state index contributed by atoms with van der Waals surface area (Å²) < 4.78 is 33.2. The van der Waals surface area contributed by atoms with Crippen LogP contribution in [-0.2, 0) is 16.4 Å². The molecule has 1 saturated heterocycles. The van der Waals surface area contributed by atoms with Crippen LogP contribution >= 0.6 is 11.3 Å². The monoisotopic (exact) mass is 377 g/mol. The van der Waals surface area contributed by atoms with Gasteiger partial charge in [0.25, 0.3) is 10.0 Å². The molecule has 2 aromatic rings. The molecule has 25 heavy (non-hydrogen) atoms. The quantitative estimate of drug-likeness (QED) is 0.800. The Hall–Kier alpha value is -1.95. The number of aryl methyl sites for hydroxylation is 1. The molecule has 0 aromatic carbocycles. The number of thiophene rings is 1. The van der Waals surface area contributed by atoms with E-state index in [1.807, 2.05) is 19.1 Å². The molecule has 0 N–H and O–H groups in total. The van der Waals surface area contributed by atoms with Crippen LogP contribution in [-0.4, -0.2) is 36.9 Å². The molecule has 1 aliphatic rings. The predicted molar refractivity (Wildman–Crippen MR) is 95.1 cm³/mol. The first-order chi connectivity index (χ1) is 12.0. The van der Waals surface area contributed by atoms with Crippen molar-refractivity contribution in [3.05, 3.63) is 40.9 Å². The molecule has 0 aliphatic carbocycles. The Labute approximate surface area is 151 Å². The SMILES string of the molecule is CCc1ccc(S(=O)(=O)N2CCC(Oc3ccc(C#N)cn3)CC2)s1. The van der Waals surface area contributed by atoms with E-state index in [0.717, 1.165) is 11.3 Å². The summed E-state index contributed by atoms with van der Waals surface area (Å²) in [6.45, 7) is 2.88. The minimum Gasteiger partial charge on any atom is -0.474 e. The molecule has 0 bridgehead atoms. The standard InChI is InChI=1S/C17H19N3O3S2/c1-2-15-4-6-17(24-15)25(21,22)20-9-7-14(8-10-20)23-16-5-3-13(11-18)12-19-16/h3-6,12,14H,2,7-10H2,1H3. The average Bonchev–Trinajstić information content (AvgIpc) is 3.13. The molecule has 6 nitrogen and oxygen atoms in total. The highest BCUT2D eigenvalue weighted by Gasteiger charge is 2.31. The summed E-state index contributed by atoms with van der Waals surface area (Å²) in [6.07, 6.45) is 3.48. The number of aromatic nitrogens is 1. The minimum absolute atomic E-state index is 0.0681. The molecule has 8 heteroatoms. The van der Waals surface area contributed by atoms with Crippen molar-refractivity contribution in [2.24, 2.45) is 0 Å². The van der Waals surface area contributed by atoms with Crippen molar-refractivity contribution in [3.63, 3.8) is 0 Å². The van der Waals surface area contributed by atoms with Crippen molar-refractivity contribution < 1.29 is 13.2 Å². The third kappa shape index (κ3) is 4.00. The molecular formula is C17H19N3O3S2. The van der Waals surface area contributed by atoms with Crippen molar-refractivity contribution in [1.82, 2.24) is 9.29 Å². The van der Waals surface area contributed by atoms with E-state index in [1.165, 1.54) is 21.8 Å². The molecule has 0 amide bonds. The fourth-order valence-corrected chi connectivity index (χ4v) is 5.61. The first-order valence-electron chi connectivity index (χ1n) is 8.14. The molecule has 0 spiro atoms. The number of pyridine rings is 1. The van der Waals surface area contributed by atoms with Gasteiger partial charge in [-0.25, -0.2) is 13.4 Å². The van der Waals surface area contributed by atoms with Gasteiger partial charge in [-0.2, -0.15) is 9.57 Å². The van der Waals surface area contributed by atoms with Gasteiger partial charge >= 0.3 is 0 Å². The number of hydrogen-bond acceptors (Lipinski definition) is 6. The summed E-state index contributed by atoms with van der Waals surface area (Å²) in [5.41, 5.74) is 0.482. The van der Waals surface area contributed by atoms with Crippen LogP contribution in [0.15, 0.2) is 34.7 Å². The third-order valence-corrected chi connectivity index (χ3v) is 7.73. The smallest absolute Gasteiger partial charge is 0.252 e. The Morgan fingerprint density at radius 1 is 1.32 bits per heavy atom. The number of ether oxygens (including phenoxy) is 1. The van der Waals surface area contributed by atoms with Gasteiger partial charge in [0.05, 0.1) is 5.56 Å². The lowest BCUT2D eigenvalue weighted by atomic mass is 10.1. The highest BCUT2D eigenvalue weighted by atomic mass is 32.2. The molecule has 1 aliphatic heterocycles. The van der Waals surface area contributed by atoms with E-state index >= 15 is 0 Å². The van der Waals surface area contributed by atoms with Crippen molar-refractivity contribution in [2.45, 2.75) is 36.5 Å². The van der Waals surface area contributed by atoms with Gasteiger partial charge in [-0.1, -0.05) is 6.92 Å². The molecular weight excluding hydrogens is 358 g/mol. The maximum absolute atomic E-state index is 12.7. The van der Waals surface area contributed by atoms with E-state index in [4.69, 9.17) is 10.00 Å². The molecule has 3 rings (SSSR count). The molecule has 0 unspecified atom stereocenters. The number of rotatable bonds is 5. The summed E-state index contributed by atoms with van der Waals surface area (Å²) in [7, 11) is -3.41. The third-order valence-electron chi connectivity index (χ3n) is 4.13. The Morgan fingerprint density at radius 2 is 2.08 bits per heavy atom. The second kappa shape index (κ2) is 7.52. The molecule has 0 saturated carbocycles. The maximum Gasteiger partial charge on any atom is 0.252 e. The number of piperidine rings is 1. The highest BCUT2D eigenvalue weighted by Crippen LogP contribution is 2.28. The van der Waals surface area contributed by atoms with Crippen LogP contribution in [0.1, 0.15) is 30.2 Å². The Balaban J connectivity index is 1.60. The van der Waals surface area contributed by atoms with Gasteiger partial charge in [-0.3, -0.25) is 0 Å². The molecule has 132 valence electrons. The topological polar surface area (TPSA) is 83.3 Å².